The number of aryl methyl sites for hydroxylation is 1. The van der Waals surface area contributed by atoms with Gasteiger partial charge in [0.1, 0.15) is 5.82 Å². The van der Waals surface area contributed by atoms with E-state index in [0.29, 0.717) is 17.2 Å². The van der Waals surface area contributed by atoms with Crippen LogP contribution in [0.5, 0.6) is 0 Å². The molecule has 0 radical (unpaired) electrons. The number of Topliss-reactive ketones (excluding diaryl/α,β-unsaturated/α-hetero) is 1. The predicted molar refractivity (Wildman–Crippen MR) is 111 cm³/mol. The quantitative estimate of drug-likeness (QED) is 0.549. The fourth-order valence-electron chi connectivity index (χ4n) is 2.88. The first-order valence-corrected chi connectivity index (χ1v) is 9.90. The molecule has 3 rings (SSSR count). The van der Waals surface area contributed by atoms with Crippen LogP contribution in [0, 0.1) is 0 Å². The third kappa shape index (κ3) is 4.09. The van der Waals surface area contributed by atoms with Crippen molar-refractivity contribution >= 4 is 34.6 Å². The van der Waals surface area contributed by atoms with Crippen LogP contribution in [-0.4, -0.2) is 26.8 Å². The maximum absolute atomic E-state index is 11.6. The highest BCUT2D eigenvalue weighted by Crippen LogP contribution is 2.30. The summed E-state index contributed by atoms with van der Waals surface area (Å²) in [5.74, 6) is 0.332. The van der Waals surface area contributed by atoms with Crippen LogP contribution >= 0.6 is 11.3 Å². The van der Waals surface area contributed by atoms with E-state index in [1.807, 2.05) is 18.4 Å². The molecule has 0 atom stereocenters. The molecule has 2 N–H and O–H groups in total. The van der Waals surface area contributed by atoms with Gasteiger partial charge >= 0.3 is 5.97 Å². The number of aromatic nitrogens is 2. The van der Waals surface area contributed by atoms with Gasteiger partial charge in [-0.3, -0.25) is 4.79 Å². The van der Waals surface area contributed by atoms with Crippen LogP contribution in [-0.2, 0) is 12.8 Å². The van der Waals surface area contributed by atoms with Crippen LogP contribution in [0.1, 0.15) is 52.7 Å². The molecule has 0 aliphatic heterocycles. The molecule has 0 saturated heterocycles. The number of carbonyl (C=O) groups is 2. The lowest BCUT2D eigenvalue weighted by Crippen LogP contribution is -2.07. The Labute approximate surface area is 167 Å². The molecule has 0 aliphatic rings. The number of nitrogens with zero attached hydrogens (tertiary/aromatic N) is 2. The molecule has 0 fully saturated rings. The van der Waals surface area contributed by atoms with Gasteiger partial charge in [0.15, 0.2) is 11.6 Å². The van der Waals surface area contributed by atoms with Gasteiger partial charge in [-0.2, -0.15) is 0 Å². The maximum Gasteiger partial charge on any atom is 0.335 e. The minimum Gasteiger partial charge on any atom is -0.478 e. The highest BCUT2D eigenvalue weighted by atomic mass is 32.1. The summed E-state index contributed by atoms with van der Waals surface area (Å²) < 4.78 is 0. The Bertz CT molecular complexity index is 1030. The van der Waals surface area contributed by atoms with Gasteiger partial charge in [-0.25, -0.2) is 14.8 Å². The lowest BCUT2D eigenvalue weighted by Gasteiger charge is -2.15. The SMILES string of the molecule is CCc1nc(-c2cc(C(C)=O)cs2)nc(Nc2ccc(C(=O)O)cc2)c1CC. The van der Waals surface area contributed by atoms with E-state index in [2.05, 4.69) is 12.2 Å². The zero-order chi connectivity index (χ0) is 20.3. The molecule has 2 aromatic heterocycles. The van der Waals surface area contributed by atoms with Crippen molar-refractivity contribution in [1.29, 1.82) is 0 Å². The molecular formula is C21H21N3O3S. The van der Waals surface area contributed by atoms with Gasteiger partial charge in [-0.1, -0.05) is 13.8 Å². The second-order valence-electron chi connectivity index (χ2n) is 6.29. The van der Waals surface area contributed by atoms with E-state index in [-0.39, 0.29) is 11.3 Å². The average Bonchev–Trinajstić information content (AvgIpc) is 3.18. The molecule has 28 heavy (non-hydrogen) atoms. The summed E-state index contributed by atoms with van der Waals surface area (Å²) in [6.07, 6.45) is 1.53. The standard InChI is InChI=1S/C21H21N3O3S/c1-4-16-17(5-2)23-20(18-10-14(11-28-18)12(3)25)24-19(16)22-15-8-6-13(7-9-15)21(26)27/h6-11H,4-5H2,1-3H3,(H,26,27)(H,22,23,24). The largest absolute Gasteiger partial charge is 0.478 e. The molecule has 0 bridgehead atoms. The smallest absolute Gasteiger partial charge is 0.335 e. The van der Waals surface area contributed by atoms with Crippen molar-refractivity contribution in [1.82, 2.24) is 9.97 Å². The molecule has 1 aromatic carbocycles. The molecule has 0 aliphatic carbocycles. The van der Waals surface area contributed by atoms with Crippen molar-refractivity contribution < 1.29 is 14.7 Å². The molecule has 0 unspecified atom stereocenters. The number of hydrogen-bond donors (Lipinski definition) is 2. The van der Waals surface area contributed by atoms with Crippen LogP contribution in [0.25, 0.3) is 10.7 Å². The van der Waals surface area contributed by atoms with Gasteiger partial charge in [-0.15, -0.1) is 11.3 Å². The molecule has 3 aromatic rings. The molecule has 144 valence electrons. The number of carboxylic acid groups (broad SMARTS) is 1. The first-order chi connectivity index (χ1) is 13.4. The molecule has 6 nitrogen and oxygen atoms in total. The lowest BCUT2D eigenvalue weighted by molar-refractivity contribution is 0.0696. The Morgan fingerprint density at radius 2 is 1.79 bits per heavy atom. The van der Waals surface area contributed by atoms with Crippen molar-refractivity contribution in [3.63, 3.8) is 0 Å². The summed E-state index contributed by atoms with van der Waals surface area (Å²) in [6, 6.07) is 8.36. The van der Waals surface area contributed by atoms with Gasteiger partial charge in [0.2, 0.25) is 0 Å². The first-order valence-electron chi connectivity index (χ1n) is 9.02. The van der Waals surface area contributed by atoms with Gasteiger partial charge in [0, 0.05) is 27.9 Å². The van der Waals surface area contributed by atoms with Crippen LogP contribution in [0.2, 0.25) is 0 Å². The van der Waals surface area contributed by atoms with Gasteiger partial charge in [0.05, 0.1) is 10.4 Å². The topological polar surface area (TPSA) is 92.2 Å². The lowest BCUT2D eigenvalue weighted by atomic mass is 10.1. The van der Waals surface area contributed by atoms with E-state index in [1.165, 1.54) is 18.3 Å². The van der Waals surface area contributed by atoms with Crippen LogP contribution in [0.4, 0.5) is 11.5 Å². The van der Waals surface area contributed by atoms with Gasteiger partial charge in [-0.05, 0) is 50.1 Å². The Kier molecular flexibility index (Phi) is 5.84. The molecule has 0 saturated carbocycles. The fraction of sp³-hybridized carbons (Fsp3) is 0.238. The van der Waals surface area contributed by atoms with Gasteiger partial charge in [0.25, 0.3) is 0 Å². The second-order valence-corrected chi connectivity index (χ2v) is 7.20. The minimum atomic E-state index is -0.961. The predicted octanol–water partition coefficient (Wildman–Crippen LogP) is 4.97. The molecule has 7 heteroatoms. The number of hydrogen-bond acceptors (Lipinski definition) is 6. The summed E-state index contributed by atoms with van der Waals surface area (Å²) >= 11 is 1.44. The third-order valence-corrected chi connectivity index (χ3v) is 5.33. The van der Waals surface area contributed by atoms with Crippen molar-refractivity contribution in [3.8, 4) is 10.7 Å². The highest BCUT2D eigenvalue weighted by molar-refractivity contribution is 7.13. The number of anilines is 2. The Hall–Kier alpha value is -3.06. The number of nitrogens with one attached hydrogen (secondary N) is 1. The fourth-order valence-corrected chi connectivity index (χ4v) is 3.76. The summed E-state index contributed by atoms with van der Waals surface area (Å²) in [5, 5.41) is 14.2. The summed E-state index contributed by atoms with van der Waals surface area (Å²) in [4.78, 5) is 32.9. The number of thiophene rings is 1. The van der Waals surface area contributed by atoms with E-state index >= 15 is 0 Å². The van der Waals surface area contributed by atoms with Gasteiger partial charge < -0.3 is 10.4 Å². The molecule has 2 heterocycles. The number of benzene rings is 1. The van der Waals surface area contributed by atoms with E-state index in [9.17, 15) is 9.59 Å². The minimum absolute atomic E-state index is 0.0141. The number of ketones is 1. The zero-order valence-electron chi connectivity index (χ0n) is 15.9. The molecule has 0 spiro atoms. The van der Waals surface area contributed by atoms with E-state index in [1.54, 1.807) is 24.3 Å². The second kappa shape index (κ2) is 8.31. The number of aromatic carboxylic acids is 1. The maximum atomic E-state index is 11.6. The molecular weight excluding hydrogens is 374 g/mol. The Morgan fingerprint density at radius 3 is 2.32 bits per heavy atom. The third-order valence-electron chi connectivity index (χ3n) is 4.40. The highest BCUT2D eigenvalue weighted by Gasteiger charge is 2.16. The van der Waals surface area contributed by atoms with Crippen molar-refractivity contribution in [3.05, 3.63) is 58.1 Å². The number of carboxylic acids is 1. The van der Waals surface area contributed by atoms with E-state index in [4.69, 9.17) is 15.1 Å². The average molecular weight is 395 g/mol. The summed E-state index contributed by atoms with van der Waals surface area (Å²) in [5.41, 5.74) is 3.61. The first kappa shape index (κ1) is 19.7. The van der Waals surface area contributed by atoms with Crippen molar-refractivity contribution in [2.24, 2.45) is 0 Å². The van der Waals surface area contributed by atoms with Crippen molar-refractivity contribution in [2.45, 2.75) is 33.6 Å². The van der Waals surface area contributed by atoms with Crippen LogP contribution in [0.15, 0.2) is 35.7 Å². The monoisotopic (exact) mass is 395 g/mol. The van der Waals surface area contributed by atoms with Crippen molar-refractivity contribution in [2.75, 3.05) is 5.32 Å². The van der Waals surface area contributed by atoms with E-state index in [0.717, 1.165) is 34.7 Å². The summed E-state index contributed by atoms with van der Waals surface area (Å²) in [7, 11) is 0. The van der Waals surface area contributed by atoms with Crippen LogP contribution < -0.4 is 5.32 Å². The number of rotatable bonds is 7. The number of carbonyl (C=O) groups excluding carboxylic acids is 1. The Morgan fingerprint density at radius 1 is 1.07 bits per heavy atom. The zero-order valence-corrected chi connectivity index (χ0v) is 16.8. The normalized spacial score (nSPS) is 10.7. The van der Waals surface area contributed by atoms with Crippen LogP contribution in [0.3, 0.4) is 0 Å². The summed E-state index contributed by atoms with van der Waals surface area (Å²) in [6.45, 7) is 5.64. The Balaban J connectivity index is 2.02. The molecule has 0 amide bonds. The van der Waals surface area contributed by atoms with E-state index < -0.39 is 5.97 Å².